The number of carbonyl (C=O) groups excluding carboxylic acids is 1. The summed E-state index contributed by atoms with van der Waals surface area (Å²) in [5.41, 5.74) is 0. The van der Waals surface area contributed by atoms with Crippen LogP contribution >= 0.6 is 0 Å². The fourth-order valence-electron chi connectivity index (χ4n) is 3.07. The van der Waals surface area contributed by atoms with E-state index in [9.17, 15) is 13.2 Å². The van der Waals surface area contributed by atoms with Gasteiger partial charge in [0.1, 0.15) is 6.54 Å². The van der Waals surface area contributed by atoms with Crippen LogP contribution in [0, 0.1) is 7.43 Å². The third-order valence-corrected chi connectivity index (χ3v) is 5.42. The van der Waals surface area contributed by atoms with Crippen molar-refractivity contribution >= 4 is 33.6 Å². The molecule has 1 amide bonds. The molecule has 180 valence electrons. The Balaban J connectivity index is 0. The van der Waals surface area contributed by atoms with Crippen molar-refractivity contribution in [1.82, 2.24) is 0 Å². The van der Waals surface area contributed by atoms with Gasteiger partial charge in [0.15, 0.2) is 6.04 Å². The zero-order chi connectivity index (χ0) is 22.6. The van der Waals surface area contributed by atoms with E-state index >= 15 is 0 Å². The summed E-state index contributed by atoms with van der Waals surface area (Å²) in [6, 6.07) is 0.782. The Morgan fingerprint density at radius 2 is 1.80 bits per heavy atom. The van der Waals surface area contributed by atoms with Crippen LogP contribution in [-0.4, -0.2) is 63.3 Å². The number of nitrogens with zero attached hydrogens (tertiary/aromatic N) is 1. The van der Waals surface area contributed by atoms with E-state index in [1.165, 1.54) is 4.90 Å². The van der Waals surface area contributed by atoms with Crippen molar-refractivity contribution in [2.75, 3.05) is 13.1 Å². The predicted octanol–water partition coefficient (Wildman–Crippen LogP) is -0.678. The van der Waals surface area contributed by atoms with Crippen molar-refractivity contribution in [1.29, 1.82) is 0 Å². The first-order chi connectivity index (χ1) is 13.5. The van der Waals surface area contributed by atoms with Crippen molar-refractivity contribution in [3.05, 3.63) is 7.43 Å². The second-order valence-electron chi connectivity index (χ2n) is 6.84. The summed E-state index contributed by atoms with van der Waals surface area (Å²) in [6.45, 7) is 10.2. The quantitative estimate of drug-likeness (QED) is 0.127. The molecule has 0 bridgehead atoms. The van der Waals surface area contributed by atoms with E-state index in [2.05, 4.69) is 22.4 Å². The van der Waals surface area contributed by atoms with Crippen molar-refractivity contribution < 1.29 is 49.8 Å². The number of hydrogen-bond donors (Lipinski definition) is 2. The zero-order valence-corrected chi connectivity index (χ0v) is 19.9. The van der Waals surface area contributed by atoms with Gasteiger partial charge >= 0.3 is 22.2 Å². The van der Waals surface area contributed by atoms with Crippen LogP contribution in [0.25, 0.3) is 0 Å². The summed E-state index contributed by atoms with van der Waals surface area (Å²) in [4.78, 5) is 12.3. The van der Waals surface area contributed by atoms with E-state index in [1.807, 2.05) is 18.4 Å². The normalized spacial score (nSPS) is 21.4. The second kappa shape index (κ2) is 15.8. The summed E-state index contributed by atoms with van der Waals surface area (Å²) in [6.07, 6.45) is 5.37. The number of rotatable bonds is 6. The molecule has 2 heterocycles. The first kappa shape index (κ1) is 31.2. The van der Waals surface area contributed by atoms with Crippen molar-refractivity contribution in [2.45, 2.75) is 78.3 Å². The highest BCUT2D eigenvalue weighted by Crippen LogP contribution is 2.12. The summed E-state index contributed by atoms with van der Waals surface area (Å²) < 4.78 is 56.1. The molecule has 0 aromatic carbocycles. The molecule has 2 rings (SSSR count). The Morgan fingerprint density at radius 1 is 1.23 bits per heavy atom. The minimum atomic E-state index is -4.36. The first-order valence-electron chi connectivity index (χ1n) is 9.54. The van der Waals surface area contributed by atoms with Crippen LogP contribution in [0.3, 0.4) is 0 Å². The minimum absolute atomic E-state index is 0. The maximum absolute atomic E-state index is 11.1. The summed E-state index contributed by atoms with van der Waals surface area (Å²) >= 11 is -2.88. The Bertz CT molecular complexity index is 668. The number of amides is 1. The molecule has 2 N–H and O–H groups in total. The van der Waals surface area contributed by atoms with E-state index in [0.29, 0.717) is 24.3 Å². The molecule has 0 aromatic heterocycles. The van der Waals surface area contributed by atoms with Crippen molar-refractivity contribution in [3.8, 4) is 0 Å². The molecule has 1 fully saturated rings. The molecule has 11 nitrogen and oxygen atoms in total. The number of quaternary nitrogens is 1. The average molecular weight is 476 g/mol. The van der Waals surface area contributed by atoms with Gasteiger partial charge in [0.25, 0.3) is 0 Å². The third kappa shape index (κ3) is 12.7. The molecule has 2 aliphatic rings. The van der Waals surface area contributed by atoms with Crippen molar-refractivity contribution in [2.24, 2.45) is 0 Å². The molecule has 4 atom stereocenters. The van der Waals surface area contributed by atoms with E-state index in [1.54, 1.807) is 0 Å². The van der Waals surface area contributed by atoms with Crippen LogP contribution < -0.4 is 10.2 Å². The fraction of sp³-hybridized carbons (Fsp3) is 0.824. The maximum Gasteiger partial charge on any atom is 0.450 e. The topological polar surface area (TPSA) is 161 Å². The molecule has 1 saturated heterocycles. The fourth-order valence-corrected chi connectivity index (χ4v) is 3.50. The Kier molecular flexibility index (Phi) is 16.4. The van der Waals surface area contributed by atoms with Crippen LogP contribution in [-0.2, 0) is 35.1 Å². The highest BCUT2D eigenvalue weighted by atomic mass is 32.3. The van der Waals surface area contributed by atoms with Gasteiger partial charge in [-0.3, -0.25) is 9.45 Å². The number of nitrogens with one attached hydrogen (secondary N) is 1. The highest BCUT2D eigenvalue weighted by Gasteiger charge is 2.31. The Morgan fingerprint density at radius 3 is 2.17 bits per heavy atom. The lowest BCUT2D eigenvalue weighted by molar-refractivity contribution is -0.837. The van der Waals surface area contributed by atoms with Gasteiger partial charge in [0.2, 0.25) is 0 Å². The molecule has 0 aromatic rings. The Hall–Kier alpha value is -0.960. The maximum atomic E-state index is 11.1. The minimum Gasteiger partial charge on any atom is -0.750 e. The summed E-state index contributed by atoms with van der Waals surface area (Å²) in [5.74, 6) is 0.788. The Labute approximate surface area is 182 Å². The van der Waals surface area contributed by atoms with Crippen LogP contribution in [0.1, 0.15) is 66.2 Å². The number of likely N-dealkylation sites (tertiary alicyclic amines) is 1. The van der Waals surface area contributed by atoms with Crippen LogP contribution in [0.5, 0.6) is 0 Å². The van der Waals surface area contributed by atoms with Crippen LogP contribution in [0.2, 0.25) is 0 Å². The molecule has 2 aliphatic heterocycles. The molecular formula is C17H35N2O9S2-. The van der Waals surface area contributed by atoms with Crippen molar-refractivity contribution in [3.63, 3.8) is 0 Å². The number of hydrogen-bond acceptors (Lipinski definition) is 8. The molecule has 30 heavy (non-hydrogen) atoms. The van der Waals surface area contributed by atoms with E-state index in [4.69, 9.17) is 18.6 Å². The average Bonchev–Trinajstić information content (AvgIpc) is 3.28. The molecular weight excluding hydrogens is 440 g/mol. The standard InChI is InChI=1S/C8H15NO4S.C8H15NO.CH3.H2O4S/c1-3-7(2)9-6-4-5-8(9)13-14(10,11)12;1-3-7(2)9-6-4-5-8(9)10;;1-4-5(2)3/h7H,3-6H2,1-2H3;7H,3-6H2,1-2H3;1H3;1H,(H,2,3)/q;;-1;. The third-order valence-electron chi connectivity index (χ3n) is 4.91. The molecule has 13 heteroatoms. The van der Waals surface area contributed by atoms with E-state index in [-0.39, 0.29) is 13.5 Å². The molecule has 0 spiro atoms. The zero-order valence-electron chi connectivity index (χ0n) is 18.3. The molecule has 0 saturated carbocycles. The highest BCUT2D eigenvalue weighted by molar-refractivity contribution is 7.81. The van der Waals surface area contributed by atoms with Crippen LogP contribution in [0.15, 0.2) is 0 Å². The second-order valence-corrected chi connectivity index (χ2v) is 8.41. The van der Waals surface area contributed by atoms with Gasteiger partial charge in [-0.2, -0.15) is 13.0 Å². The lowest BCUT2D eigenvalue weighted by Crippen LogP contribution is -3.15. The van der Waals surface area contributed by atoms with Gasteiger partial charge in [0, 0.05) is 19.3 Å². The molecule has 4 unspecified atom stereocenters. The first-order valence-corrected chi connectivity index (χ1v) is 11.9. The summed E-state index contributed by atoms with van der Waals surface area (Å²) in [5, 5.41) is 8.52. The van der Waals surface area contributed by atoms with Gasteiger partial charge in [-0.05, 0) is 20.3 Å². The summed E-state index contributed by atoms with van der Waals surface area (Å²) in [7, 11) is -4.36. The van der Waals surface area contributed by atoms with E-state index < -0.39 is 21.8 Å². The lowest BCUT2D eigenvalue weighted by Gasteiger charge is -2.16. The van der Waals surface area contributed by atoms with Gasteiger partial charge in [-0.1, -0.05) is 13.8 Å². The molecule has 0 aliphatic carbocycles. The predicted molar refractivity (Wildman–Crippen MR) is 108 cm³/mol. The van der Waals surface area contributed by atoms with Gasteiger partial charge in [0.05, 0.1) is 36.8 Å². The smallest absolute Gasteiger partial charge is 0.450 e. The van der Waals surface area contributed by atoms with Gasteiger partial charge < -0.3 is 25.8 Å². The lowest BCUT2D eigenvalue weighted by atomic mass is 10.2. The monoisotopic (exact) mass is 475 g/mol. The van der Waals surface area contributed by atoms with E-state index in [0.717, 1.165) is 45.2 Å². The number of carbonyl (C=O) groups is 1. The van der Waals surface area contributed by atoms with Crippen LogP contribution in [0.4, 0.5) is 0 Å². The molecule has 0 radical (unpaired) electrons. The largest absolute Gasteiger partial charge is 0.750 e. The van der Waals surface area contributed by atoms with Gasteiger partial charge in [-0.25, -0.2) is 9.00 Å². The van der Waals surface area contributed by atoms with Gasteiger partial charge in [-0.15, -0.1) is 0 Å². The SMILES string of the molecule is CCC(C)[N+]1=C(OS(=O)(=O)O)CCC1.CCC(C)[NH+]1CCCC1=O.O=S([O-])O[O-].[CH3-].